The number of carboxylic acids is 1. The van der Waals surface area contributed by atoms with E-state index >= 15 is 0 Å². The second-order valence-electron chi connectivity index (χ2n) is 6.77. The third-order valence-electron chi connectivity index (χ3n) is 5.25. The van der Waals surface area contributed by atoms with Gasteiger partial charge in [-0.25, -0.2) is 0 Å². The van der Waals surface area contributed by atoms with Gasteiger partial charge in [0.05, 0.1) is 17.6 Å². The number of fused-ring (bicyclic) bond motifs is 3. The van der Waals surface area contributed by atoms with E-state index in [4.69, 9.17) is 0 Å². The molecule has 3 nitrogen and oxygen atoms in total. The summed E-state index contributed by atoms with van der Waals surface area (Å²) in [6.45, 7) is 0. The van der Waals surface area contributed by atoms with Crippen LogP contribution in [0.5, 0.6) is 0 Å². The van der Waals surface area contributed by atoms with Crippen molar-refractivity contribution in [2.24, 2.45) is 5.92 Å². The third kappa shape index (κ3) is 3.04. The quantitative estimate of drug-likeness (QED) is 0.696. The number of hydrogen-bond donors (Lipinski definition) is 1. The molecular formula is C20H14BrF3NO2-. The van der Waals surface area contributed by atoms with E-state index in [1.54, 1.807) is 6.07 Å². The molecule has 0 amide bonds. The van der Waals surface area contributed by atoms with Crippen LogP contribution in [0.4, 0.5) is 18.9 Å². The summed E-state index contributed by atoms with van der Waals surface area (Å²) in [4.78, 5) is 11.6. The molecule has 27 heavy (non-hydrogen) atoms. The molecule has 0 radical (unpaired) electrons. The van der Waals surface area contributed by atoms with E-state index < -0.39 is 23.8 Å². The Morgan fingerprint density at radius 1 is 1.19 bits per heavy atom. The summed E-state index contributed by atoms with van der Waals surface area (Å²) in [7, 11) is 0. The molecule has 1 N–H and O–H groups in total. The number of anilines is 1. The van der Waals surface area contributed by atoms with Crippen molar-refractivity contribution in [1.82, 2.24) is 0 Å². The van der Waals surface area contributed by atoms with Crippen LogP contribution >= 0.6 is 15.9 Å². The van der Waals surface area contributed by atoms with Crippen LogP contribution in [0.2, 0.25) is 0 Å². The van der Waals surface area contributed by atoms with Gasteiger partial charge >= 0.3 is 6.18 Å². The number of benzene rings is 2. The van der Waals surface area contributed by atoms with Gasteiger partial charge < -0.3 is 15.2 Å². The molecule has 0 bridgehead atoms. The summed E-state index contributed by atoms with van der Waals surface area (Å²) in [5.41, 5.74) is 0.439. The first-order valence-corrected chi connectivity index (χ1v) is 9.21. The third-order valence-corrected chi connectivity index (χ3v) is 5.71. The van der Waals surface area contributed by atoms with Crippen LogP contribution in [0.3, 0.4) is 0 Å². The lowest BCUT2D eigenvalue weighted by atomic mass is 9.75. The highest BCUT2D eigenvalue weighted by molar-refractivity contribution is 9.10. The van der Waals surface area contributed by atoms with Crippen molar-refractivity contribution in [3.63, 3.8) is 0 Å². The maximum Gasteiger partial charge on any atom is 0.416 e. The average molecular weight is 437 g/mol. The van der Waals surface area contributed by atoms with E-state index in [0.717, 1.165) is 11.6 Å². The number of halogens is 4. The molecule has 0 spiro atoms. The van der Waals surface area contributed by atoms with E-state index in [1.807, 2.05) is 18.2 Å². The van der Waals surface area contributed by atoms with Gasteiger partial charge in [-0.15, -0.1) is 0 Å². The minimum absolute atomic E-state index is 0.0624. The smallest absolute Gasteiger partial charge is 0.416 e. The topological polar surface area (TPSA) is 52.2 Å². The Morgan fingerprint density at radius 3 is 2.63 bits per heavy atom. The molecule has 1 aliphatic heterocycles. The van der Waals surface area contributed by atoms with Gasteiger partial charge in [0, 0.05) is 21.6 Å². The summed E-state index contributed by atoms with van der Waals surface area (Å²) in [5.74, 6) is -1.67. The van der Waals surface area contributed by atoms with E-state index in [-0.39, 0.29) is 23.0 Å². The van der Waals surface area contributed by atoms with Gasteiger partial charge in [0.2, 0.25) is 0 Å². The SMILES string of the molecule is O=C([O-])c1cc(Br)cc2c1NC(c1ccccc1C(F)(F)F)C1CC=CC21. The molecular weight excluding hydrogens is 423 g/mol. The van der Waals surface area contributed by atoms with Crippen molar-refractivity contribution < 1.29 is 23.1 Å². The van der Waals surface area contributed by atoms with Crippen LogP contribution in [0.25, 0.3) is 0 Å². The maximum absolute atomic E-state index is 13.5. The largest absolute Gasteiger partial charge is 0.545 e. The Hall–Kier alpha value is -2.28. The molecule has 2 aliphatic rings. The summed E-state index contributed by atoms with van der Waals surface area (Å²) in [6, 6.07) is 8.01. The zero-order valence-electron chi connectivity index (χ0n) is 13.9. The first-order chi connectivity index (χ1) is 12.8. The van der Waals surface area contributed by atoms with Crippen LogP contribution in [0, 0.1) is 5.92 Å². The van der Waals surface area contributed by atoms with Crippen LogP contribution < -0.4 is 10.4 Å². The number of rotatable bonds is 2. The summed E-state index contributed by atoms with van der Waals surface area (Å²) < 4.78 is 41.2. The predicted octanol–water partition coefficient (Wildman–Crippen LogP) is 4.66. The lowest BCUT2D eigenvalue weighted by molar-refractivity contribution is -0.254. The Morgan fingerprint density at radius 2 is 1.93 bits per heavy atom. The van der Waals surface area contributed by atoms with Gasteiger partial charge in [-0.1, -0.05) is 46.3 Å². The van der Waals surface area contributed by atoms with Crippen molar-refractivity contribution in [2.45, 2.75) is 24.6 Å². The number of nitrogens with one attached hydrogen (secondary N) is 1. The van der Waals surface area contributed by atoms with E-state index in [0.29, 0.717) is 16.6 Å². The van der Waals surface area contributed by atoms with Crippen molar-refractivity contribution >= 4 is 27.6 Å². The summed E-state index contributed by atoms with van der Waals surface area (Å²) in [6.07, 6.45) is 0.00602. The Balaban J connectivity index is 1.90. The zero-order valence-corrected chi connectivity index (χ0v) is 15.5. The standard InChI is InChI=1S/C20H15BrF3NO2/c21-10-8-14-11-5-3-6-12(11)17(25-18(14)15(9-10)19(26)27)13-4-1-2-7-16(13)20(22,23)24/h1-5,7-9,11-12,17,25H,6H2,(H,26,27)/p-1. The number of carboxylic acid groups (broad SMARTS) is 1. The molecule has 3 unspecified atom stereocenters. The highest BCUT2D eigenvalue weighted by atomic mass is 79.9. The highest BCUT2D eigenvalue weighted by Crippen LogP contribution is 2.52. The minimum atomic E-state index is -4.49. The predicted molar refractivity (Wildman–Crippen MR) is 96.3 cm³/mol. The minimum Gasteiger partial charge on any atom is -0.545 e. The number of carbonyl (C=O) groups excluding carboxylic acids is 1. The van der Waals surface area contributed by atoms with Crippen molar-refractivity contribution in [1.29, 1.82) is 0 Å². The summed E-state index contributed by atoms with van der Waals surface area (Å²) >= 11 is 3.31. The Labute approximate surface area is 162 Å². The maximum atomic E-state index is 13.5. The fourth-order valence-corrected chi connectivity index (χ4v) is 4.64. The molecule has 0 fully saturated rings. The molecule has 4 rings (SSSR count). The number of hydrogen-bond acceptors (Lipinski definition) is 3. The molecule has 1 aliphatic carbocycles. The Kier molecular flexibility index (Phi) is 4.29. The fourth-order valence-electron chi connectivity index (χ4n) is 4.16. The van der Waals surface area contributed by atoms with Crippen molar-refractivity contribution in [3.8, 4) is 0 Å². The highest BCUT2D eigenvalue weighted by Gasteiger charge is 2.43. The monoisotopic (exact) mass is 436 g/mol. The first-order valence-electron chi connectivity index (χ1n) is 8.41. The van der Waals surface area contributed by atoms with Crippen molar-refractivity contribution in [3.05, 3.63) is 75.3 Å². The van der Waals surface area contributed by atoms with Gasteiger partial charge in [0.25, 0.3) is 0 Å². The van der Waals surface area contributed by atoms with E-state index in [9.17, 15) is 23.1 Å². The molecule has 3 atom stereocenters. The number of alkyl halides is 3. The molecule has 0 saturated heterocycles. The summed E-state index contributed by atoms with van der Waals surface area (Å²) in [5, 5.41) is 14.7. The normalized spacial score (nSPS) is 23.5. The van der Waals surface area contributed by atoms with Gasteiger partial charge in [-0.2, -0.15) is 13.2 Å². The molecule has 0 aromatic heterocycles. The lowest BCUT2D eigenvalue weighted by Crippen LogP contribution is -2.33. The van der Waals surface area contributed by atoms with Gasteiger partial charge in [0.15, 0.2) is 0 Å². The second-order valence-corrected chi connectivity index (χ2v) is 7.68. The zero-order chi connectivity index (χ0) is 19.3. The molecule has 1 heterocycles. The van der Waals surface area contributed by atoms with Gasteiger partial charge in [-0.3, -0.25) is 0 Å². The number of allylic oxidation sites excluding steroid dienone is 2. The number of carbonyl (C=O) groups is 1. The van der Waals surface area contributed by atoms with Crippen LogP contribution in [-0.4, -0.2) is 5.97 Å². The molecule has 7 heteroatoms. The van der Waals surface area contributed by atoms with Crippen LogP contribution in [0.1, 0.15) is 45.4 Å². The van der Waals surface area contributed by atoms with Crippen LogP contribution in [-0.2, 0) is 6.18 Å². The van der Waals surface area contributed by atoms with Gasteiger partial charge in [-0.05, 0) is 41.7 Å². The van der Waals surface area contributed by atoms with E-state index in [2.05, 4.69) is 21.2 Å². The fraction of sp³-hybridized carbons (Fsp3) is 0.250. The molecule has 140 valence electrons. The second kappa shape index (κ2) is 6.41. The molecule has 2 aromatic carbocycles. The molecule has 2 aromatic rings. The van der Waals surface area contributed by atoms with E-state index in [1.165, 1.54) is 18.2 Å². The van der Waals surface area contributed by atoms with Crippen LogP contribution in [0.15, 0.2) is 53.0 Å². The lowest BCUT2D eigenvalue weighted by Gasteiger charge is -2.39. The number of aromatic carboxylic acids is 1. The average Bonchev–Trinajstić information content (AvgIpc) is 3.10. The van der Waals surface area contributed by atoms with Crippen molar-refractivity contribution in [2.75, 3.05) is 5.32 Å². The van der Waals surface area contributed by atoms with Gasteiger partial charge in [0.1, 0.15) is 0 Å². The Bertz CT molecular complexity index is 955. The molecule has 0 saturated carbocycles. The first kappa shape index (κ1) is 18.1.